The molecule has 0 aromatic heterocycles. The monoisotopic (exact) mass is 278 g/mol. The van der Waals surface area contributed by atoms with Crippen molar-refractivity contribution in [2.75, 3.05) is 0 Å². The smallest absolute Gasteiger partial charge is 0.0321 e. The molecule has 2 aliphatic rings. The molecular weight excluding hydrogens is 240 g/mol. The van der Waals surface area contributed by atoms with Crippen molar-refractivity contribution in [2.24, 2.45) is 35.0 Å². The Morgan fingerprint density at radius 1 is 0.850 bits per heavy atom. The summed E-state index contributed by atoms with van der Waals surface area (Å²) in [5.74, 6) is 4.82. The largest absolute Gasteiger partial charge is 0.0622 e. The first-order valence-electron chi connectivity index (χ1n) is 9.42. The molecule has 0 aromatic rings. The first-order valence-corrected chi connectivity index (χ1v) is 9.42. The van der Waals surface area contributed by atoms with E-state index in [1.54, 1.807) is 0 Å². The summed E-state index contributed by atoms with van der Waals surface area (Å²) in [6.07, 6.45) is 13.3. The van der Waals surface area contributed by atoms with Crippen LogP contribution in [0.3, 0.4) is 0 Å². The van der Waals surface area contributed by atoms with Crippen LogP contribution < -0.4 is 0 Å². The fourth-order valence-corrected chi connectivity index (χ4v) is 5.80. The molecule has 0 heterocycles. The van der Waals surface area contributed by atoms with Crippen LogP contribution in [-0.2, 0) is 0 Å². The van der Waals surface area contributed by atoms with Gasteiger partial charge in [0.05, 0.1) is 0 Å². The molecule has 0 nitrogen and oxygen atoms in total. The summed E-state index contributed by atoms with van der Waals surface area (Å²) < 4.78 is 0. The SMILES string of the molecule is CC1CCCCC1C(C)CC(C)(C)C1CCCCC1C. The van der Waals surface area contributed by atoms with Crippen molar-refractivity contribution in [3.63, 3.8) is 0 Å². The van der Waals surface area contributed by atoms with Crippen molar-refractivity contribution in [3.05, 3.63) is 0 Å². The predicted molar refractivity (Wildman–Crippen MR) is 89.8 cm³/mol. The zero-order valence-electron chi connectivity index (χ0n) is 14.8. The van der Waals surface area contributed by atoms with Crippen LogP contribution in [0.2, 0.25) is 0 Å². The summed E-state index contributed by atoms with van der Waals surface area (Å²) in [7, 11) is 0. The zero-order valence-corrected chi connectivity index (χ0v) is 14.8. The molecule has 0 aliphatic heterocycles. The number of rotatable bonds is 4. The van der Waals surface area contributed by atoms with Crippen molar-refractivity contribution in [2.45, 2.75) is 92.4 Å². The quantitative estimate of drug-likeness (QED) is 0.537. The molecule has 0 aromatic carbocycles. The van der Waals surface area contributed by atoms with Crippen LogP contribution in [-0.4, -0.2) is 0 Å². The highest BCUT2D eigenvalue weighted by atomic mass is 14.4. The number of hydrogen-bond acceptors (Lipinski definition) is 0. The second kappa shape index (κ2) is 6.84. The Kier molecular flexibility index (Phi) is 5.60. The Morgan fingerprint density at radius 3 is 2.00 bits per heavy atom. The second-order valence-corrected chi connectivity index (χ2v) is 8.96. The van der Waals surface area contributed by atoms with Gasteiger partial charge in [-0.1, -0.05) is 73.1 Å². The maximum Gasteiger partial charge on any atom is -0.0321 e. The van der Waals surface area contributed by atoms with Gasteiger partial charge in [0.25, 0.3) is 0 Å². The fraction of sp³-hybridized carbons (Fsp3) is 1.00. The summed E-state index contributed by atoms with van der Waals surface area (Å²) in [5, 5.41) is 0. The summed E-state index contributed by atoms with van der Waals surface area (Å²) in [6, 6.07) is 0. The first kappa shape index (κ1) is 16.4. The van der Waals surface area contributed by atoms with Crippen molar-refractivity contribution in [1.82, 2.24) is 0 Å². The van der Waals surface area contributed by atoms with Crippen molar-refractivity contribution in [1.29, 1.82) is 0 Å². The van der Waals surface area contributed by atoms with Gasteiger partial charge in [0.2, 0.25) is 0 Å². The molecule has 2 saturated carbocycles. The van der Waals surface area contributed by atoms with Crippen molar-refractivity contribution >= 4 is 0 Å². The molecule has 2 aliphatic carbocycles. The minimum Gasteiger partial charge on any atom is -0.0622 e. The first-order chi connectivity index (χ1) is 9.42. The van der Waals surface area contributed by atoms with Gasteiger partial charge in [-0.05, 0) is 54.3 Å². The van der Waals surface area contributed by atoms with Crippen LogP contribution in [0, 0.1) is 35.0 Å². The van der Waals surface area contributed by atoms with Crippen LogP contribution in [0.4, 0.5) is 0 Å². The Bertz CT molecular complexity index is 290. The van der Waals surface area contributed by atoms with Crippen LogP contribution >= 0.6 is 0 Å². The highest BCUT2D eigenvalue weighted by molar-refractivity contribution is 4.88. The lowest BCUT2D eigenvalue weighted by Gasteiger charge is -2.45. The lowest BCUT2D eigenvalue weighted by Crippen LogP contribution is -2.35. The van der Waals surface area contributed by atoms with Gasteiger partial charge in [-0.15, -0.1) is 0 Å². The van der Waals surface area contributed by atoms with Gasteiger partial charge in [0.15, 0.2) is 0 Å². The molecule has 0 heteroatoms. The molecule has 0 spiro atoms. The topological polar surface area (TPSA) is 0 Å². The van der Waals surface area contributed by atoms with Gasteiger partial charge >= 0.3 is 0 Å². The number of hydrogen-bond donors (Lipinski definition) is 0. The van der Waals surface area contributed by atoms with E-state index in [4.69, 9.17) is 0 Å². The lowest BCUT2D eigenvalue weighted by molar-refractivity contribution is 0.0538. The van der Waals surface area contributed by atoms with Gasteiger partial charge < -0.3 is 0 Å². The third kappa shape index (κ3) is 3.80. The van der Waals surface area contributed by atoms with Gasteiger partial charge in [-0.2, -0.15) is 0 Å². The van der Waals surface area contributed by atoms with E-state index in [1.165, 1.54) is 57.8 Å². The van der Waals surface area contributed by atoms with E-state index in [1.807, 2.05) is 0 Å². The highest BCUT2D eigenvalue weighted by Crippen LogP contribution is 2.48. The minimum absolute atomic E-state index is 0.552. The van der Waals surface area contributed by atoms with Crippen LogP contribution in [0.1, 0.15) is 92.4 Å². The maximum atomic E-state index is 2.57. The molecule has 0 saturated heterocycles. The molecule has 0 amide bonds. The normalized spacial score (nSPS) is 37.6. The molecule has 5 unspecified atom stereocenters. The van der Waals surface area contributed by atoms with Crippen LogP contribution in [0.15, 0.2) is 0 Å². The summed E-state index contributed by atoms with van der Waals surface area (Å²) in [5.41, 5.74) is 0.552. The Morgan fingerprint density at radius 2 is 1.40 bits per heavy atom. The molecule has 20 heavy (non-hydrogen) atoms. The third-order valence-electron chi connectivity index (χ3n) is 6.87. The average molecular weight is 279 g/mol. The Hall–Kier alpha value is 0. The minimum atomic E-state index is 0.552. The zero-order chi connectivity index (χ0) is 14.8. The van der Waals surface area contributed by atoms with E-state index < -0.39 is 0 Å². The Balaban J connectivity index is 1.95. The molecule has 118 valence electrons. The van der Waals surface area contributed by atoms with Crippen LogP contribution in [0.5, 0.6) is 0 Å². The van der Waals surface area contributed by atoms with Crippen molar-refractivity contribution in [3.8, 4) is 0 Å². The van der Waals surface area contributed by atoms with E-state index in [9.17, 15) is 0 Å². The van der Waals surface area contributed by atoms with E-state index >= 15 is 0 Å². The molecule has 2 fully saturated rings. The Labute approximate surface area is 128 Å². The van der Waals surface area contributed by atoms with E-state index in [2.05, 4.69) is 34.6 Å². The third-order valence-corrected chi connectivity index (χ3v) is 6.87. The molecule has 2 rings (SSSR count). The van der Waals surface area contributed by atoms with E-state index in [0.717, 1.165) is 29.6 Å². The average Bonchev–Trinajstić information content (AvgIpc) is 2.38. The van der Waals surface area contributed by atoms with Crippen molar-refractivity contribution < 1.29 is 0 Å². The second-order valence-electron chi connectivity index (χ2n) is 8.96. The molecule has 0 N–H and O–H groups in total. The highest BCUT2D eigenvalue weighted by Gasteiger charge is 2.38. The molecule has 5 atom stereocenters. The summed E-state index contributed by atoms with van der Waals surface area (Å²) >= 11 is 0. The van der Waals surface area contributed by atoms with E-state index in [-0.39, 0.29) is 0 Å². The van der Waals surface area contributed by atoms with Gasteiger partial charge in [0.1, 0.15) is 0 Å². The molecular formula is C20H38. The van der Waals surface area contributed by atoms with E-state index in [0.29, 0.717) is 5.41 Å². The fourth-order valence-electron chi connectivity index (χ4n) is 5.80. The van der Waals surface area contributed by atoms with Crippen LogP contribution in [0.25, 0.3) is 0 Å². The molecule has 0 bridgehead atoms. The summed E-state index contributed by atoms with van der Waals surface area (Å²) in [6.45, 7) is 12.7. The maximum absolute atomic E-state index is 2.57. The predicted octanol–water partition coefficient (Wildman–Crippen LogP) is 6.69. The standard InChI is InChI=1S/C20H38/c1-15-10-6-8-12-18(15)17(3)14-20(4,5)19-13-9-7-11-16(19)2/h15-19H,6-14H2,1-5H3. The molecule has 0 radical (unpaired) electrons. The van der Waals surface area contributed by atoms with Gasteiger partial charge in [-0.3, -0.25) is 0 Å². The van der Waals surface area contributed by atoms with Gasteiger partial charge in [-0.25, -0.2) is 0 Å². The lowest BCUT2D eigenvalue weighted by atomic mass is 9.61. The van der Waals surface area contributed by atoms with Gasteiger partial charge in [0, 0.05) is 0 Å². The summed E-state index contributed by atoms with van der Waals surface area (Å²) in [4.78, 5) is 0.